The number of hydrogen-bond donors (Lipinski definition) is 1. The van der Waals surface area contributed by atoms with Gasteiger partial charge in [-0.25, -0.2) is 8.42 Å². The summed E-state index contributed by atoms with van der Waals surface area (Å²) in [7, 11) is -3.47. The van der Waals surface area contributed by atoms with Crippen LogP contribution in [0.3, 0.4) is 0 Å². The highest BCUT2D eigenvalue weighted by Crippen LogP contribution is 2.21. The van der Waals surface area contributed by atoms with Crippen LogP contribution in [0.15, 0.2) is 23.4 Å². The average Bonchev–Trinajstić information content (AvgIpc) is 2.34. The van der Waals surface area contributed by atoms with Crippen LogP contribution in [0.5, 0.6) is 0 Å². The molecular weight excluding hydrogens is 297 g/mol. The van der Waals surface area contributed by atoms with Crippen LogP contribution in [0, 0.1) is 11.8 Å². The van der Waals surface area contributed by atoms with Gasteiger partial charge in [-0.3, -0.25) is 4.98 Å². The van der Waals surface area contributed by atoms with Crippen molar-refractivity contribution in [2.24, 2.45) is 0 Å². The predicted octanol–water partition coefficient (Wildman–Crippen LogP) is 0.608. The van der Waals surface area contributed by atoms with Gasteiger partial charge in [-0.15, -0.1) is 0 Å². The first-order valence-electron chi connectivity index (χ1n) is 5.24. The SMILES string of the molecule is CN(CC(F)(F)F)S(=O)(=O)c1cncc(C#CCO)c1. The van der Waals surface area contributed by atoms with Gasteiger partial charge in [0.25, 0.3) is 0 Å². The van der Waals surface area contributed by atoms with E-state index in [0.29, 0.717) is 0 Å². The molecule has 0 aliphatic heterocycles. The second-order valence-corrected chi connectivity index (χ2v) is 5.79. The maximum atomic E-state index is 12.2. The molecule has 1 aromatic heterocycles. The van der Waals surface area contributed by atoms with Crippen molar-refractivity contribution in [3.05, 3.63) is 24.0 Å². The van der Waals surface area contributed by atoms with E-state index in [4.69, 9.17) is 5.11 Å². The minimum absolute atomic E-state index is 0.181. The van der Waals surface area contributed by atoms with E-state index in [-0.39, 0.29) is 9.87 Å². The van der Waals surface area contributed by atoms with Gasteiger partial charge in [0.1, 0.15) is 18.0 Å². The summed E-state index contributed by atoms with van der Waals surface area (Å²) in [4.78, 5) is 3.22. The largest absolute Gasteiger partial charge is 0.402 e. The summed E-state index contributed by atoms with van der Waals surface area (Å²) in [6.45, 7) is -2.02. The number of pyridine rings is 1. The van der Waals surface area contributed by atoms with Crippen molar-refractivity contribution >= 4 is 10.0 Å². The van der Waals surface area contributed by atoms with Gasteiger partial charge in [-0.1, -0.05) is 11.8 Å². The van der Waals surface area contributed by atoms with E-state index in [1.807, 2.05) is 0 Å². The number of halogens is 3. The number of aliphatic hydroxyl groups is 1. The van der Waals surface area contributed by atoms with Crippen molar-refractivity contribution < 1.29 is 26.7 Å². The quantitative estimate of drug-likeness (QED) is 0.831. The molecule has 0 aliphatic carbocycles. The molecule has 0 unspecified atom stereocenters. The maximum absolute atomic E-state index is 12.2. The highest BCUT2D eigenvalue weighted by molar-refractivity contribution is 7.89. The lowest BCUT2D eigenvalue weighted by Crippen LogP contribution is -2.35. The monoisotopic (exact) mass is 308 g/mol. The van der Waals surface area contributed by atoms with Crippen LogP contribution in [0.1, 0.15) is 5.56 Å². The Labute approximate surface area is 114 Å². The summed E-state index contributed by atoms with van der Waals surface area (Å²) >= 11 is 0. The molecule has 1 heterocycles. The van der Waals surface area contributed by atoms with Gasteiger partial charge in [-0.2, -0.15) is 17.5 Å². The van der Waals surface area contributed by atoms with Crippen LogP contribution in [0.25, 0.3) is 0 Å². The summed E-state index contributed by atoms with van der Waals surface area (Å²) in [6.07, 6.45) is -2.46. The number of nitrogens with zero attached hydrogens (tertiary/aromatic N) is 2. The van der Waals surface area contributed by atoms with Crippen LogP contribution in [-0.2, 0) is 10.0 Å². The lowest BCUT2D eigenvalue weighted by molar-refractivity contribution is -0.134. The Kier molecular flexibility index (Phi) is 5.10. The number of alkyl halides is 3. The van der Waals surface area contributed by atoms with Crippen LogP contribution in [0.4, 0.5) is 13.2 Å². The second-order valence-electron chi connectivity index (χ2n) is 3.75. The number of rotatable bonds is 3. The molecule has 0 spiro atoms. The molecule has 0 atom stereocenters. The topological polar surface area (TPSA) is 70.5 Å². The molecule has 0 fully saturated rings. The van der Waals surface area contributed by atoms with E-state index < -0.39 is 34.2 Å². The molecule has 1 aromatic rings. The number of aliphatic hydroxyl groups excluding tert-OH is 1. The van der Waals surface area contributed by atoms with Crippen molar-refractivity contribution in [1.82, 2.24) is 9.29 Å². The number of hydrogen-bond acceptors (Lipinski definition) is 4. The fourth-order valence-electron chi connectivity index (χ4n) is 1.29. The molecule has 5 nitrogen and oxygen atoms in total. The van der Waals surface area contributed by atoms with Crippen molar-refractivity contribution in [1.29, 1.82) is 0 Å². The van der Waals surface area contributed by atoms with Crippen LogP contribution in [0.2, 0.25) is 0 Å². The molecule has 0 bridgehead atoms. The molecular formula is C11H11F3N2O3S. The molecule has 1 rings (SSSR count). The molecule has 0 amide bonds. The molecule has 0 aromatic carbocycles. The van der Waals surface area contributed by atoms with Gasteiger partial charge in [-0.05, 0) is 6.07 Å². The first kappa shape index (κ1) is 16.4. The standard InChI is InChI=1S/C11H11F3N2O3S/c1-16(8-11(12,13)14)20(18,19)10-5-9(3-2-4-17)6-15-7-10/h5-7,17H,4,8H2,1H3. The van der Waals surface area contributed by atoms with Gasteiger partial charge in [0.05, 0.1) is 0 Å². The van der Waals surface area contributed by atoms with E-state index in [9.17, 15) is 21.6 Å². The third-order valence-electron chi connectivity index (χ3n) is 2.14. The fraction of sp³-hybridized carbons (Fsp3) is 0.364. The summed E-state index contributed by atoms with van der Waals surface area (Å²) in [5, 5.41) is 8.53. The van der Waals surface area contributed by atoms with E-state index in [1.54, 1.807) is 0 Å². The van der Waals surface area contributed by atoms with Gasteiger partial charge >= 0.3 is 6.18 Å². The van der Waals surface area contributed by atoms with E-state index in [1.165, 1.54) is 6.20 Å². The van der Waals surface area contributed by atoms with E-state index in [0.717, 1.165) is 19.3 Å². The molecule has 9 heteroatoms. The van der Waals surface area contributed by atoms with Crippen molar-refractivity contribution in [3.8, 4) is 11.8 Å². The zero-order chi connectivity index (χ0) is 15.4. The van der Waals surface area contributed by atoms with Gasteiger partial charge in [0, 0.05) is 25.0 Å². The first-order valence-corrected chi connectivity index (χ1v) is 6.68. The van der Waals surface area contributed by atoms with Crippen LogP contribution >= 0.6 is 0 Å². The van der Waals surface area contributed by atoms with Crippen LogP contribution < -0.4 is 0 Å². The summed E-state index contributed by atoms with van der Waals surface area (Å²) in [6, 6.07) is 1.10. The normalized spacial score (nSPS) is 12.1. The molecule has 110 valence electrons. The average molecular weight is 308 g/mol. The minimum Gasteiger partial charge on any atom is -0.384 e. The van der Waals surface area contributed by atoms with Gasteiger partial charge in [0.2, 0.25) is 10.0 Å². The van der Waals surface area contributed by atoms with Gasteiger partial charge < -0.3 is 5.11 Å². The smallest absolute Gasteiger partial charge is 0.384 e. The van der Waals surface area contributed by atoms with Gasteiger partial charge in [0.15, 0.2) is 0 Å². The zero-order valence-electron chi connectivity index (χ0n) is 10.3. The third-order valence-corrected chi connectivity index (χ3v) is 3.90. The Morgan fingerprint density at radius 1 is 1.40 bits per heavy atom. The predicted molar refractivity (Wildman–Crippen MR) is 64.1 cm³/mol. The lowest BCUT2D eigenvalue weighted by atomic mass is 10.3. The lowest BCUT2D eigenvalue weighted by Gasteiger charge is -2.18. The summed E-state index contributed by atoms with van der Waals surface area (Å²) in [5.41, 5.74) is 0.181. The second kappa shape index (κ2) is 6.21. The number of sulfonamides is 1. The fourth-order valence-corrected chi connectivity index (χ4v) is 2.43. The molecule has 0 radical (unpaired) electrons. The Balaban J connectivity index is 3.10. The van der Waals surface area contributed by atoms with E-state index in [2.05, 4.69) is 16.8 Å². The Bertz CT molecular complexity index is 632. The first-order chi connectivity index (χ1) is 9.16. The van der Waals surface area contributed by atoms with Crippen molar-refractivity contribution in [3.63, 3.8) is 0 Å². The van der Waals surface area contributed by atoms with Crippen LogP contribution in [-0.4, -0.2) is 49.2 Å². The molecule has 1 N–H and O–H groups in total. The third kappa shape index (κ3) is 4.48. The zero-order valence-corrected chi connectivity index (χ0v) is 11.2. The Morgan fingerprint density at radius 3 is 2.60 bits per heavy atom. The highest BCUT2D eigenvalue weighted by Gasteiger charge is 2.34. The highest BCUT2D eigenvalue weighted by atomic mass is 32.2. The molecule has 0 saturated heterocycles. The van der Waals surface area contributed by atoms with Crippen molar-refractivity contribution in [2.45, 2.75) is 11.1 Å². The summed E-state index contributed by atoms with van der Waals surface area (Å²) in [5.74, 6) is 4.71. The molecule has 20 heavy (non-hydrogen) atoms. The molecule has 0 aliphatic rings. The maximum Gasteiger partial charge on any atom is 0.402 e. The van der Waals surface area contributed by atoms with Crippen molar-refractivity contribution in [2.75, 3.05) is 20.2 Å². The number of aromatic nitrogens is 1. The Morgan fingerprint density at radius 2 is 2.05 bits per heavy atom. The summed E-state index contributed by atoms with van der Waals surface area (Å²) < 4.78 is 60.7. The minimum atomic E-state index is -4.64. The Hall–Kier alpha value is -1.63. The molecule has 0 saturated carbocycles. The van der Waals surface area contributed by atoms with E-state index >= 15 is 0 Å².